The Morgan fingerprint density at radius 2 is 2.05 bits per heavy atom. The summed E-state index contributed by atoms with van der Waals surface area (Å²) in [6, 6.07) is 4.08. The number of carbonyl (C=O) groups excluding carboxylic acids is 2. The Morgan fingerprint density at radius 1 is 1.36 bits per heavy atom. The van der Waals surface area contributed by atoms with Gasteiger partial charge < -0.3 is 20.5 Å². The molecule has 0 aliphatic carbocycles. The number of esters is 1. The molecule has 122 valence electrons. The number of rotatable bonds is 6. The lowest BCUT2D eigenvalue weighted by Gasteiger charge is -2.19. The van der Waals surface area contributed by atoms with Gasteiger partial charge in [0, 0.05) is 0 Å². The minimum atomic E-state index is -4.84. The fraction of sp³-hybridized carbons (Fsp3) is 0.385. The molecular formula is C13H15F3N2O4. The minimum absolute atomic E-state index is 0.252. The van der Waals surface area contributed by atoms with Crippen LogP contribution in [0.2, 0.25) is 0 Å². The summed E-state index contributed by atoms with van der Waals surface area (Å²) in [7, 11) is 1.16. The standard InChI is InChI=1S/C13H15F3N2O4/c1-21-12(20)6-10(18-11(19)7-17)8-3-2-4-9(5-8)22-13(14,15)16/h2-5,10H,6-7,17H2,1H3,(H,18,19)/t10-/m0/s1. The zero-order valence-corrected chi connectivity index (χ0v) is 11.6. The van der Waals surface area contributed by atoms with Crippen LogP contribution in [-0.2, 0) is 14.3 Å². The lowest BCUT2D eigenvalue weighted by atomic mass is 10.0. The zero-order chi connectivity index (χ0) is 16.8. The van der Waals surface area contributed by atoms with Crippen LogP contribution in [0.3, 0.4) is 0 Å². The molecule has 0 unspecified atom stereocenters. The van der Waals surface area contributed by atoms with Crippen molar-refractivity contribution in [3.05, 3.63) is 29.8 Å². The molecule has 1 aromatic carbocycles. The Kier molecular flexibility index (Phi) is 6.17. The number of nitrogens with one attached hydrogen (secondary N) is 1. The van der Waals surface area contributed by atoms with Crippen molar-refractivity contribution < 1.29 is 32.2 Å². The highest BCUT2D eigenvalue weighted by Crippen LogP contribution is 2.26. The maximum atomic E-state index is 12.2. The van der Waals surface area contributed by atoms with Crippen molar-refractivity contribution in [2.75, 3.05) is 13.7 Å². The molecule has 0 aliphatic heterocycles. The third kappa shape index (κ3) is 6.00. The number of methoxy groups -OCH3 is 1. The lowest BCUT2D eigenvalue weighted by Crippen LogP contribution is -2.35. The predicted molar refractivity (Wildman–Crippen MR) is 69.7 cm³/mol. The number of carbonyl (C=O) groups is 2. The number of hydrogen-bond acceptors (Lipinski definition) is 5. The highest BCUT2D eigenvalue weighted by molar-refractivity contribution is 5.79. The summed E-state index contributed by atoms with van der Waals surface area (Å²) in [5, 5.41) is 2.44. The van der Waals surface area contributed by atoms with E-state index < -0.39 is 30.0 Å². The summed E-state index contributed by atoms with van der Waals surface area (Å²) in [6.07, 6.45) is -5.09. The lowest BCUT2D eigenvalue weighted by molar-refractivity contribution is -0.274. The first-order valence-corrected chi connectivity index (χ1v) is 6.17. The van der Waals surface area contributed by atoms with Crippen molar-refractivity contribution in [1.82, 2.24) is 5.32 Å². The highest BCUT2D eigenvalue weighted by atomic mass is 19.4. The largest absolute Gasteiger partial charge is 0.573 e. The number of hydrogen-bond donors (Lipinski definition) is 2. The summed E-state index contributed by atoms with van der Waals surface area (Å²) in [5.41, 5.74) is 5.43. The van der Waals surface area contributed by atoms with Crippen LogP contribution in [0.25, 0.3) is 0 Å². The second-order valence-corrected chi connectivity index (χ2v) is 4.22. The number of alkyl halides is 3. The van der Waals surface area contributed by atoms with Crippen LogP contribution in [0, 0.1) is 0 Å². The van der Waals surface area contributed by atoms with Gasteiger partial charge in [-0.15, -0.1) is 13.2 Å². The first-order valence-electron chi connectivity index (χ1n) is 6.17. The Morgan fingerprint density at radius 3 is 2.59 bits per heavy atom. The third-order valence-corrected chi connectivity index (χ3v) is 2.61. The number of halogens is 3. The fourth-order valence-corrected chi connectivity index (χ4v) is 1.68. The first-order chi connectivity index (χ1) is 10.2. The number of ether oxygens (including phenoxy) is 2. The van der Waals surface area contributed by atoms with Crippen LogP contribution in [-0.4, -0.2) is 31.9 Å². The number of benzene rings is 1. The SMILES string of the molecule is COC(=O)C[C@H](NC(=O)CN)c1cccc(OC(F)(F)F)c1. The van der Waals surface area contributed by atoms with Gasteiger partial charge in [0.2, 0.25) is 5.91 Å². The van der Waals surface area contributed by atoms with Gasteiger partial charge >= 0.3 is 12.3 Å². The Hall–Kier alpha value is -2.29. The Bertz CT molecular complexity index is 516. The summed E-state index contributed by atoms with van der Waals surface area (Å²) in [5.74, 6) is -1.65. The van der Waals surface area contributed by atoms with Gasteiger partial charge in [0.15, 0.2) is 0 Å². The van der Waals surface area contributed by atoms with Crippen molar-refractivity contribution in [3.63, 3.8) is 0 Å². The molecule has 0 saturated heterocycles. The molecule has 1 atom stereocenters. The Labute approximate surface area is 124 Å². The molecule has 0 heterocycles. The number of nitrogens with two attached hydrogens (primary N) is 1. The van der Waals surface area contributed by atoms with E-state index in [-0.39, 0.29) is 18.5 Å². The van der Waals surface area contributed by atoms with E-state index >= 15 is 0 Å². The van der Waals surface area contributed by atoms with Gasteiger partial charge in [-0.3, -0.25) is 9.59 Å². The second-order valence-electron chi connectivity index (χ2n) is 4.22. The van der Waals surface area contributed by atoms with E-state index in [4.69, 9.17) is 5.73 Å². The van der Waals surface area contributed by atoms with Crippen LogP contribution in [0.4, 0.5) is 13.2 Å². The van der Waals surface area contributed by atoms with Gasteiger partial charge in [0.25, 0.3) is 0 Å². The van der Waals surface area contributed by atoms with E-state index in [2.05, 4.69) is 14.8 Å². The Balaban J connectivity index is 2.99. The summed E-state index contributed by atoms with van der Waals surface area (Å²) in [6.45, 7) is -0.323. The maximum Gasteiger partial charge on any atom is 0.573 e. The quantitative estimate of drug-likeness (QED) is 0.770. The molecule has 0 spiro atoms. The van der Waals surface area contributed by atoms with E-state index in [9.17, 15) is 22.8 Å². The van der Waals surface area contributed by atoms with Crippen LogP contribution in [0.15, 0.2) is 24.3 Å². The van der Waals surface area contributed by atoms with Gasteiger partial charge in [-0.25, -0.2) is 0 Å². The molecule has 1 aromatic rings. The molecule has 0 saturated carbocycles. The van der Waals surface area contributed by atoms with Crippen molar-refractivity contribution >= 4 is 11.9 Å². The molecule has 9 heteroatoms. The van der Waals surface area contributed by atoms with E-state index in [0.29, 0.717) is 0 Å². The van der Waals surface area contributed by atoms with Crippen LogP contribution < -0.4 is 15.8 Å². The fourth-order valence-electron chi connectivity index (χ4n) is 1.68. The molecule has 0 aliphatic rings. The third-order valence-electron chi connectivity index (χ3n) is 2.61. The highest BCUT2D eigenvalue weighted by Gasteiger charge is 2.31. The van der Waals surface area contributed by atoms with Crippen LogP contribution in [0.1, 0.15) is 18.0 Å². The van der Waals surface area contributed by atoms with Crippen molar-refractivity contribution in [3.8, 4) is 5.75 Å². The average molecular weight is 320 g/mol. The molecule has 1 rings (SSSR count). The molecule has 1 amide bonds. The molecule has 0 fully saturated rings. The van der Waals surface area contributed by atoms with E-state index in [1.807, 2.05) is 0 Å². The molecule has 0 aromatic heterocycles. The topological polar surface area (TPSA) is 90.7 Å². The summed E-state index contributed by atoms with van der Waals surface area (Å²) < 4.78 is 45.0. The van der Waals surface area contributed by atoms with Gasteiger partial charge in [0.05, 0.1) is 26.1 Å². The van der Waals surface area contributed by atoms with Crippen LogP contribution in [0.5, 0.6) is 5.75 Å². The van der Waals surface area contributed by atoms with E-state index in [0.717, 1.165) is 19.2 Å². The normalized spacial score (nSPS) is 12.4. The van der Waals surface area contributed by atoms with Gasteiger partial charge in [-0.2, -0.15) is 0 Å². The minimum Gasteiger partial charge on any atom is -0.469 e. The van der Waals surface area contributed by atoms with Gasteiger partial charge in [-0.05, 0) is 17.7 Å². The van der Waals surface area contributed by atoms with Gasteiger partial charge in [0.1, 0.15) is 5.75 Å². The predicted octanol–water partition coefficient (Wildman–Crippen LogP) is 1.26. The summed E-state index contributed by atoms with van der Waals surface area (Å²) >= 11 is 0. The smallest absolute Gasteiger partial charge is 0.469 e. The maximum absolute atomic E-state index is 12.2. The summed E-state index contributed by atoms with van der Waals surface area (Å²) in [4.78, 5) is 22.7. The van der Waals surface area contributed by atoms with Crippen molar-refractivity contribution in [2.45, 2.75) is 18.8 Å². The second kappa shape index (κ2) is 7.64. The monoisotopic (exact) mass is 320 g/mol. The molecule has 0 bridgehead atoms. The van der Waals surface area contributed by atoms with Gasteiger partial charge in [-0.1, -0.05) is 12.1 Å². The van der Waals surface area contributed by atoms with Crippen molar-refractivity contribution in [2.24, 2.45) is 5.73 Å². The molecular weight excluding hydrogens is 305 g/mol. The molecule has 0 radical (unpaired) electrons. The molecule has 3 N–H and O–H groups in total. The van der Waals surface area contributed by atoms with Crippen molar-refractivity contribution in [1.29, 1.82) is 0 Å². The molecule has 6 nitrogen and oxygen atoms in total. The number of amides is 1. The molecule has 22 heavy (non-hydrogen) atoms. The average Bonchev–Trinajstić information content (AvgIpc) is 2.44. The zero-order valence-electron chi connectivity index (χ0n) is 11.6. The van der Waals surface area contributed by atoms with Crippen LogP contribution >= 0.6 is 0 Å². The first kappa shape index (κ1) is 17.8. The van der Waals surface area contributed by atoms with E-state index in [1.165, 1.54) is 12.1 Å². The van der Waals surface area contributed by atoms with E-state index in [1.54, 1.807) is 0 Å².